The smallest absolute Gasteiger partial charge is 0.0718 e. The zero-order chi connectivity index (χ0) is 13.1. The van der Waals surface area contributed by atoms with E-state index in [2.05, 4.69) is 27.7 Å². The van der Waals surface area contributed by atoms with E-state index < -0.39 is 0 Å². The van der Waals surface area contributed by atoms with E-state index in [9.17, 15) is 0 Å². The van der Waals surface area contributed by atoms with Crippen molar-refractivity contribution in [3.63, 3.8) is 0 Å². The van der Waals surface area contributed by atoms with Crippen molar-refractivity contribution in [2.45, 2.75) is 43.7 Å². The fourth-order valence-corrected chi connectivity index (χ4v) is 4.43. The summed E-state index contributed by atoms with van der Waals surface area (Å²) in [7, 11) is 0. The molecule has 0 bridgehead atoms. The Hall–Kier alpha value is -0.520. The summed E-state index contributed by atoms with van der Waals surface area (Å²) in [6, 6.07) is 0.503. The highest BCUT2D eigenvalue weighted by Gasteiger charge is 2.39. The molecule has 0 aromatic carbocycles. The zero-order valence-corrected chi connectivity index (χ0v) is 12.2. The molecular formula is C14H23N3OS. The number of ether oxygens (including phenoxy) is 1. The Morgan fingerprint density at radius 1 is 1.47 bits per heavy atom. The molecule has 2 aliphatic rings. The predicted molar refractivity (Wildman–Crippen MR) is 78.5 cm³/mol. The molecule has 3 heterocycles. The second-order valence-electron chi connectivity index (χ2n) is 5.66. The molecule has 0 aliphatic carbocycles. The summed E-state index contributed by atoms with van der Waals surface area (Å²) in [6.45, 7) is 1.57. The molecule has 2 fully saturated rings. The van der Waals surface area contributed by atoms with Gasteiger partial charge in [0.25, 0.3) is 0 Å². The Morgan fingerprint density at radius 3 is 3.11 bits per heavy atom. The molecule has 5 heteroatoms. The van der Waals surface area contributed by atoms with Crippen LogP contribution in [0.25, 0.3) is 0 Å². The van der Waals surface area contributed by atoms with Crippen molar-refractivity contribution in [1.29, 1.82) is 0 Å². The van der Waals surface area contributed by atoms with Crippen LogP contribution in [0, 0.1) is 0 Å². The van der Waals surface area contributed by atoms with Gasteiger partial charge in [-0.15, -0.1) is 0 Å². The summed E-state index contributed by atoms with van der Waals surface area (Å²) in [5, 5.41) is 4.54. The number of nitrogens with zero attached hydrogens (tertiary/aromatic N) is 2. The Morgan fingerprint density at radius 2 is 2.32 bits per heavy atom. The van der Waals surface area contributed by atoms with E-state index in [4.69, 9.17) is 10.5 Å². The van der Waals surface area contributed by atoms with E-state index in [0.717, 1.165) is 25.9 Å². The van der Waals surface area contributed by atoms with Crippen LogP contribution < -0.4 is 5.73 Å². The number of aromatic nitrogens is 2. The standard InChI is InChI=1S/C14H23N3OS/c15-5-1-12-10-16-17(11-12)13-2-6-18-14(9-13)3-7-19-8-4-14/h10-11,13H,1-9,15H2. The molecule has 0 saturated carbocycles. The Bertz CT molecular complexity index is 409. The minimum absolute atomic E-state index is 0.133. The molecule has 3 rings (SSSR count). The van der Waals surface area contributed by atoms with Crippen molar-refractivity contribution in [3.8, 4) is 0 Å². The van der Waals surface area contributed by atoms with Gasteiger partial charge < -0.3 is 10.5 Å². The molecule has 0 radical (unpaired) electrons. The Labute approximate surface area is 119 Å². The minimum atomic E-state index is 0.133. The highest BCUT2D eigenvalue weighted by atomic mass is 32.2. The van der Waals surface area contributed by atoms with Crippen molar-refractivity contribution >= 4 is 11.8 Å². The average molecular weight is 281 g/mol. The van der Waals surface area contributed by atoms with Crippen molar-refractivity contribution in [2.75, 3.05) is 24.7 Å². The third-order valence-corrected chi connectivity index (χ3v) is 5.32. The summed E-state index contributed by atoms with van der Waals surface area (Å²) in [5.41, 5.74) is 6.99. The van der Waals surface area contributed by atoms with Gasteiger partial charge in [0.15, 0.2) is 0 Å². The Kier molecular flexibility index (Phi) is 4.15. The lowest BCUT2D eigenvalue weighted by Gasteiger charge is -2.43. The molecule has 19 heavy (non-hydrogen) atoms. The van der Waals surface area contributed by atoms with Crippen LogP contribution in [0.1, 0.15) is 37.3 Å². The monoisotopic (exact) mass is 281 g/mol. The van der Waals surface area contributed by atoms with Crippen LogP contribution in [-0.2, 0) is 11.2 Å². The topological polar surface area (TPSA) is 53.1 Å². The van der Waals surface area contributed by atoms with Gasteiger partial charge in [-0.05, 0) is 55.7 Å². The molecule has 2 N–H and O–H groups in total. The maximum absolute atomic E-state index is 6.14. The van der Waals surface area contributed by atoms with Crippen LogP contribution in [-0.4, -0.2) is 40.0 Å². The van der Waals surface area contributed by atoms with Gasteiger partial charge in [-0.1, -0.05) is 0 Å². The molecule has 2 aliphatic heterocycles. The number of rotatable bonds is 3. The SMILES string of the molecule is NCCc1cnn(C2CCOC3(CCSCC3)C2)c1. The predicted octanol–water partition coefficient (Wildman–Crippen LogP) is 2.00. The van der Waals surface area contributed by atoms with Gasteiger partial charge in [0.05, 0.1) is 17.8 Å². The first-order chi connectivity index (χ1) is 9.31. The molecule has 4 nitrogen and oxygen atoms in total. The molecule has 1 unspecified atom stereocenters. The van der Waals surface area contributed by atoms with Gasteiger partial charge in [-0.25, -0.2) is 0 Å². The van der Waals surface area contributed by atoms with E-state index in [1.54, 1.807) is 0 Å². The van der Waals surface area contributed by atoms with Crippen LogP contribution in [0.3, 0.4) is 0 Å². The molecule has 106 valence electrons. The van der Waals surface area contributed by atoms with Crippen molar-refractivity contribution in [3.05, 3.63) is 18.0 Å². The summed E-state index contributed by atoms with van der Waals surface area (Å²) in [6.07, 6.45) is 9.66. The van der Waals surface area contributed by atoms with Crippen molar-refractivity contribution < 1.29 is 4.74 Å². The van der Waals surface area contributed by atoms with Gasteiger partial charge in [0.2, 0.25) is 0 Å². The summed E-state index contributed by atoms with van der Waals surface area (Å²) >= 11 is 2.05. The average Bonchev–Trinajstić information content (AvgIpc) is 2.89. The number of hydrogen-bond acceptors (Lipinski definition) is 4. The van der Waals surface area contributed by atoms with E-state index >= 15 is 0 Å². The first-order valence-corrected chi connectivity index (χ1v) is 8.42. The number of thioether (sulfide) groups is 1. The van der Waals surface area contributed by atoms with E-state index in [-0.39, 0.29) is 5.60 Å². The highest BCUT2D eigenvalue weighted by Crippen LogP contribution is 2.41. The van der Waals surface area contributed by atoms with Crippen LogP contribution in [0.4, 0.5) is 0 Å². The maximum atomic E-state index is 6.14. The summed E-state index contributed by atoms with van der Waals surface area (Å²) in [5.74, 6) is 2.48. The second kappa shape index (κ2) is 5.85. The van der Waals surface area contributed by atoms with Crippen LogP contribution in [0.15, 0.2) is 12.4 Å². The van der Waals surface area contributed by atoms with Crippen LogP contribution in [0.2, 0.25) is 0 Å². The van der Waals surface area contributed by atoms with Gasteiger partial charge in [-0.2, -0.15) is 16.9 Å². The van der Waals surface area contributed by atoms with Crippen molar-refractivity contribution in [2.24, 2.45) is 5.73 Å². The van der Waals surface area contributed by atoms with E-state index in [1.807, 2.05) is 6.20 Å². The van der Waals surface area contributed by atoms with Gasteiger partial charge >= 0.3 is 0 Å². The Balaban J connectivity index is 1.69. The fourth-order valence-electron chi connectivity index (χ4n) is 3.19. The molecule has 0 amide bonds. The van der Waals surface area contributed by atoms with Gasteiger partial charge in [0, 0.05) is 12.8 Å². The molecular weight excluding hydrogens is 258 g/mol. The third kappa shape index (κ3) is 2.98. The molecule has 2 saturated heterocycles. The van der Waals surface area contributed by atoms with Crippen LogP contribution >= 0.6 is 11.8 Å². The molecule has 1 atom stereocenters. The number of hydrogen-bond donors (Lipinski definition) is 1. The van der Waals surface area contributed by atoms with Crippen LogP contribution in [0.5, 0.6) is 0 Å². The molecule has 1 spiro atoms. The van der Waals surface area contributed by atoms with E-state index in [1.165, 1.54) is 29.9 Å². The summed E-state index contributed by atoms with van der Waals surface area (Å²) < 4.78 is 8.29. The first kappa shape index (κ1) is 13.5. The molecule has 1 aromatic rings. The minimum Gasteiger partial charge on any atom is -0.375 e. The molecule has 1 aromatic heterocycles. The van der Waals surface area contributed by atoms with Gasteiger partial charge in [0.1, 0.15) is 0 Å². The summed E-state index contributed by atoms with van der Waals surface area (Å²) in [4.78, 5) is 0. The zero-order valence-electron chi connectivity index (χ0n) is 11.4. The van der Waals surface area contributed by atoms with E-state index in [0.29, 0.717) is 12.6 Å². The van der Waals surface area contributed by atoms with Gasteiger partial charge in [-0.3, -0.25) is 4.68 Å². The number of nitrogens with two attached hydrogens (primary N) is 1. The third-order valence-electron chi connectivity index (χ3n) is 4.33. The fraction of sp³-hybridized carbons (Fsp3) is 0.786. The second-order valence-corrected chi connectivity index (χ2v) is 6.88. The largest absolute Gasteiger partial charge is 0.375 e. The normalized spacial score (nSPS) is 26.7. The lowest BCUT2D eigenvalue weighted by atomic mass is 9.85. The lowest BCUT2D eigenvalue weighted by molar-refractivity contribution is -0.100. The quantitative estimate of drug-likeness (QED) is 0.921. The first-order valence-electron chi connectivity index (χ1n) is 7.26. The van der Waals surface area contributed by atoms with Crippen molar-refractivity contribution in [1.82, 2.24) is 9.78 Å². The highest BCUT2D eigenvalue weighted by molar-refractivity contribution is 7.99. The maximum Gasteiger partial charge on any atom is 0.0718 e. The lowest BCUT2D eigenvalue weighted by Crippen LogP contribution is -2.43.